The quantitative estimate of drug-likeness (QED) is 0.883. The first-order valence-corrected chi connectivity index (χ1v) is 6.07. The summed E-state index contributed by atoms with van der Waals surface area (Å²) >= 11 is 0. The third kappa shape index (κ3) is 3.25. The highest BCUT2D eigenvalue weighted by atomic mass is 19.3. The minimum absolute atomic E-state index is 0.0170. The lowest BCUT2D eigenvalue weighted by atomic mass is 9.80. The first-order chi connectivity index (χ1) is 7.96. The van der Waals surface area contributed by atoms with E-state index in [-0.39, 0.29) is 24.8 Å². The van der Waals surface area contributed by atoms with E-state index in [1.165, 1.54) is 0 Å². The van der Waals surface area contributed by atoms with Gasteiger partial charge in [0.1, 0.15) is 0 Å². The maximum absolute atomic E-state index is 13.3. The minimum Gasteiger partial charge on any atom is -0.327 e. The van der Waals surface area contributed by atoms with Gasteiger partial charge in [0, 0.05) is 32.1 Å². The van der Waals surface area contributed by atoms with Gasteiger partial charge in [-0.15, -0.1) is 0 Å². The van der Waals surface area contributed by atoms with E-state index in [4.69, 9.17) is 5.73 Å². The Kier molecular flexibility index (Phi) is 3.47. The van der Waals surface area contributed by atoms with Gasteiger partial charge in [-0.2, -0.15) is 5.10 Å². The van der Waals surface area contributed by atoms with Crippen LogP contribution in [0.2, 0.25) is 0 Å². The van der Waals surface area contributed by atoms with Crippen LogP contribution >= 0.6 is 0 Å². The molecule has 0 radical (unpaired) electrons. The van der Waals surface area contributed by atoms with Gasteiger partial charge in [-0.25, -0.2) is 8.78 Å². The van der Waals surface area contributed by atoms with E-state index < -0.39 is 5.92 Å². The maximum Gasteiger partial charge on any atom is 0.248 e. The fraction of sp³-hybridized carbons (Fsp3) is 0.750. The summed E-state index contributed by atoms with van der Waals surface area (Å²) in [4.78, 5) is 0. The molecule has 0 spiro atoms. The second-order valence-corrected chi connectivity index (χ2v) is 5.10. The van der Waals surface area contributed by atoms with Crippen molar-refractivity contribution in [2.45, 2.75) is 44.1 Å². The molecule has 0 saturated heterocycles. The Hall–Kier alpha value is -0.970. The molecule has 2 atom stereocenters. The number of alkyl halides is 2. The molecule has 0 bridgehead atoms. The van der Waals surface area contributed by atoms with Crippen LogP contribution in [0.25, 0.3) is 0 Å². The highest BCUT2D eigenvalue weighted by Gasteiger charge is 2.38. The summed E-state index contributed by atoms with van der Waals surface area (Å²) in [5, 5.41) is 4.06. The Morgan fingerprint density at radius 1 is 1.65 bits per heavy atom. The number of hydrogen-bond acceptors (Lipinski definition) is 2. The van der Waals surface area contributed by atoms with Crippen molar-refractivity contribution in [3.63, 3.8) is 0 Å². The standard InChI is InChI=1S/C12H19F2N3/c1-17-8-9(7-16-17)5-11(15)10-3-2-4-12(13,14)6-10/h7-8,10-11H,2-6,15H2,1H3. The van der Waals surface area contributed by atoms with E-state index in [9.17, 15) is 8.78 Å². The number of nitrogens with two attached hydrogens (primary N) is 1. The third-order valence-corrected chi connectivity index (χ3v) is 3.51. The molecule has 2 N–H and O–H groups in total. The lowest BCUT2D eigenvalue weighted by Gasteiger charge is -2.32. The fourth-order valence-corrected chi connectivity index (χ4v) is 2.59. The second-order valence-electron chi connectivity index (χ2n) is 5.10. The van der Waals surface area contributed by atoms with Gasteiger partial charge in [0.15, 0.2) is 0 Å². The summed E-state index contributed by atoms with van der Waals surface area (Å²) < 4.78 is 28.3. The summed E-state index contributed by atoms with van der Waals surface area (Å²) in [6.07, 6.45) is 5.63. The van der Waals surface area contributed by atoms with Crippen molar-refractivity contribution in [3.05, 3.63) is 18.0 Å². The molecule has 1 aliphatic carbocycles. The largest absolute Gasteiger partial charge is 0.327 e. The van der Waals surface area contributed by atoms with Gasteiger partial charge in [0.2, 0.25) is 5.92 Å². The van der Waals surface area contributed by atoms with Crippen molar-refractivity contribution < 1.29 is 8.78 Å². The summed E-state index contributed by atoms with van der Waals surface area (Å²) in [5.74, 6) is -2.59. The van der Waals surface area contributed by atoms with Crippen molar-refractivity contribution in [1.82, 2.24) is 9.78 Å². The smallest absolute Gasteiger partial charge is 0.248 e. The van der Waals surface area contributed by atoms with Crippen LogP contribution in [-0.2, 0) is 13.5 Å². The van der Waals surface area contributed by atoms with Crippen LogP contribution in [0, 0.1) is 5.92 Å². The van der Waals surface area contributed by atoms with Gasteiger partial charge in [0.05, 0.1) is 6.20 Å². The normalized spacial score (nSPS) is 25.8. The summed E-state index contributed by atoms with van der Waals surface area (Å²) in [6, 6.07) is -0.189. The molecule has 1 fully saturated rings. The monoisotopic (exact) mass is 243 g/mol. The number of hydrogen-bond donors (Lipinski definition) is 1. The van der Waals surface area contributed by atoms with Crippen LogP contribution in [0.3, 0.4) is 0 Å². The zero-order valence-corrected chi connectivity index (χ0v) is 10.1. The molecule has 1 heterocycles. The second kappa shape index (κ2) is 4.72. The van der Waals surface area contributed by atoms with Crippen LogP contribution in [0.4, 0.5) is 8.78 Å². The first kappa shape index (κ1) is 12.5. The number of nitrogens with zero attached hydrogens (tertiary/aromatic N) is 2. The van der Waals surface area contributed by atoms with E-state index in [0.29, 0.717) is 12.8 Å². The fourth-order valence-electron chi connectivity index (χ4n) is 2.59. The Balaban J connectivity index is 1.93. The Morgan fingerprint density at radius 2 is 2.41 bits per heavy atom. The van der Waals surface area contributed by atoms with Crippen LogP contribution < -0.4 is 5.73 Å². The highest BCUT2D eigenvalue weighted by molar-refractivity contribution is 5.06. The topological polar surface area (TPSA) is 43.8 Å². The molecule has 1 aromatic heterocycles. The van der Waals surface area contributed by atoms with Gasteiger partial charge in [-0.05, 0) is 30.7 Å². The average molecular weight is 243 g/mol. The van der Waals surface area contributed by atoms with E-state index in [1.54, 1.807) is 10.9 Å². The molecule has 0 aromatic carbocycles. The molecule has 1 aliphatic rings. The predicted molar refractivity (Wildman–Crippen MR) is 61.8 cm³/mol. The lowest BCUT2D eigenvalue weighted by Crippen LogP contribution is -2.39. The lowest BCUT2D eigenvalue weighted by molar-refractivity contribution is -0.0561. The zero-order valence-electron chi connectivity index (χ0n) is 10.1. The van der Waals surface area contributed by atoms with Crippen molar-refractivity contribution in [2.75, 3.05) is 0 Å². The van der Waals surface area contributed by atoms with Crippen molar-refractivity contribution >= 4 is 0 Å². The van der Waals surface area contributed by atoms with Gasteiger partial charge in [0.25, 0.3) is 0 Å². The molecule has 3 nitrogen and oxygen atoms in total. The molecular weight excluding hydrogens is 224 g/mol. The molecule has 17 heavy (non-hydrogen) atoms. The molecule has 0 aliphatic heterocycles. The average Bonchev–Trinajstić information content (AvgIpc) is 2.62. The molecule has 5 heteroatoms. The van der Waals surface area contributed by atoms with E-state index >= 15 is 0 Å². The number of halogens is 2. The molecule has 2 unspecified atom stereocenters. The molecule has 1 saturated carbocycles. The Labute approximate surface area is 100.0 Å². The van der Waals surface area contributed by atoms with E-state index in [0.717, 1.165) is 12.0 Å². The number of rotatable bonds is 3. The predicted octanol–water partition coefficient (Wildman–Crippen LogP) is 2.12. The van der Waals surface area contributed by atoms with Crippen molar-refractivity contribution in [1.29, 1.82) is 0 Å². The zero-order chi connectivity index (χ0) is 12.5. The molecule has 0 amide bonds. The third-order valence-electron chi connectivity index (χ3n) is 3.51. The van der Waals surface area contributed by atoms with Crippen LogP contribution in [0.5, 0.6) is 0 Å². The van der Waals surface area contributed by atoms with E-state index in [1.807, 2.05) is 13.2 Å². The Bertz CT molecular complexity index is 376. The minimum atomic E-state index is -2.52. The van der Waals surface area contributed by atoms with E-state index in [2.05, 4.69) is 5.10 Å². The van der Waals surface area contributed by atoms with Gasteiger partial charge < -0.3 is 5.73 Å². The summed E-state index contributed by atoms with van der Waals surface area (Å²) in [6.45, 7) is 0. The Morgan fingerprint density at radius 3 is 3.00 bits per heavy atom. The van der Waals surface area contributed by atoms with Gasteiger partial charge in [-0.1, -0.05) is 0 Å². The molecule has 2 rings (SSSR count). The summed E-state index contributed by atoms with van der Waals surface area (Å²) in [7, 11) is 1.84. The molecule has 96 valence electrons. The van der Waals surface area contributed by atoms with Gasteiger partial charge in [-0.3, -0.25) is 4.68 Å². The first-order valence-electron chi connectivity index (χ1n) is 6.07. The van der Waals surface area contributed by atoms with Crippen molar-refractivity contribution in [3.8, 4) is 0 Å². The van der Waals surface area contributed by atoms with Crippen LogP contribution in [0.15, 0.2) is 12.4 Å². The van der Waals surface area contributed by atoms with Crippen molar-refractivity contribution in [2.24, 2.45) is 18.7 Å². The van der Waals surface area contributed by atoms with Crippen LogP contribution in [-0.4, -0.2) is 21.7 Å². The summed E-state index contributed by atoms with van der Waals surface area (Å²) in [5.41, 5.74) is 7.06. The highest BCUT2D eigenvalue weighted by Crippen LogP contribution is 2.38. The molecular formula is C12H19F2N3. The molecule has 1 aromatic rings. The number of aryl methyl sites for hydroxylation is 1. The number of aromatic nitrogens is 2. The van der Waals surface area contributed by atoms with Crippen LogP contribution in [0.1, 0.15) is 31.2 Å². The maximum atomic E-state index is 13.3. The SMILES string of the molecule is Cn1cc(CC(N)C2CCCC(F)(F)C2)cn1. The van der Waals surface area contributed by atoms with Gasteiger partial charge >= 0.3 is 0 Å².